The summed E-state index contributed by atoms with van der Waals surface area (Å²) >= 11 is 3.32. The van der Waals surface area contributed by atoms with Crippen LogP contribution in [0.1, 0.15) is 25.5 Å². The lowest BCUT2D eigenvalue weighted by Crippen LogP contribution is -2.31. The van der Waals surface area contributed by atoms with Crippen molar-refractivity contribution in [2.45, 2.75) is 26.0 Å². The largest absolute Gasteiger partial charge is 0.387 e. The Hall–Kier alpha value is -0.450. The van der Waals surface area contributed by atoms with Gasteiger partial charge in [0.1, 0.15) is 0 Å². The second-order valence-electron chi connectivity index (χ2n) is 3.23. The van der Waals surface area contributed by atoms with Gasteiger partial charge in [0.2, 0.25) is 0 Å². The van der Waals surface area contributed by atoms with Crippen LogP contribution in [-0.4, -0.2) is 22.7 Å². The molecule has 0 aliphatic carbocycles. The molecule has 4 heteroatoms. The van der Waals surface area contributed by atoms with Crippen molar-refractivity contribution in [1.82, 2.24) is 10.3 Å². The SMILES string of the molecule is CCNC(C)C(O)c1cncc(Br)c1. The van der Waals surface area contributed by atoms with Crippen molar-refractivity contribution >= 4 is 15.9 Å². The fourth-order valence-corrected chi connectivity index (χ4v) is 1.69. The number of aromatic nitrogens is 1. The minimum Gasteiger partial charge on any atom is -0.387 e. The van der Waals surface area contributed by atoms with Crippen molar-refractivity contribution in [2.24, 2.45) is 0 Å². The first-order valence-corrected chi connectivity index (χ1v) is 5.46. The maximum atomic E-state index is 9.92. The second-order valence-corrected chi connectivity index (χ2v) is 4.14. The van der Waals surface area contributed by atoms with Gasteiger partial charge in [0.15, 0.2) is 0 Å². The Bertz CT molecular complexity index is 293. The Morgan fingerprint density at radius 3 is 2.86 bits per heavy atom. The van der Waals surface area contributed by atoms with E-state index >= 15 is 0 Å². The summed E-state index contributed by atoms with van der Waals surface area (Å²) in [4.78, 5) is 4.01. The van der Waals surface area contributed by atoms with Crippen molar-refractivity contribution < 1.29 is 5.11 Å². The molecule has 0 radical (unpaired) electrons. The monoisotopic (exact) mass is 258 g/mol. The standard InChI is InChI=1S/C10H15BrN2O/c1-3-13-7(2)10(14)8-4-9(11)6-12-5-8/h4-7,10,13-14H,3H2,1-2H3. The molecule has 0 aliphatic rings. The fourth-order valence-electron chi connectivity index (χ4n) is 1.31. The molecule has 0 spiro atoms. The molecule has 0 saturated heterocycles. The summed E-state index contributed by atoms with van der Waals surface area (Å²) in [6.07, 6.45) is 2.87. The van der Waals surface area contributed by atoms with Gasteiger partial charge in [-0.05, 0) is 35.5 Å². The van der Waals surface area contributed by atoms with E-state index in [1.165, 1.54) is 0 Å². The molecule has 0 bridgehead atoms. The zero-order valence-corrected chi connectivity index (χ0v) is 9.95. The molecule has 0 fully saturated rings. The van der Waals surface area contributed by atoms with Crippen molar-refractivity contribution in [3.05, 3.63) is 28.5 Å². The molecule has 2 atom stereocenters. The van der Waals surface area contributed by atoms with Crippen LogP contribution in [-0.2, 0) is 0 Å². The quantitative estimate of drug-likeness (QED) is 0.867. The van der Waals surface area contributed by atoms with Crippen LogP contribution in [0.2, 0.25) is 0 Å². The van der Waals surface area contributed by atoms with E-state index in [0.717, 1.165) is 16.6 Å². The highest BCUT2D eigenvalue weighted by Crippen LogP contribution is 2.19. The number of nitrogens with one attached hydrogen (secondary N) is 1. The van der Waals surface area contributed by atoms with Gasteiger partial charge in [0.25, 0.3) is 0 Å². The van der Waals surface area contributed by atoms with Gasteiger partial charge in [-0.15, -0.1) is 0 Å². The number of aliphatic hydroxyl groups is 1. The van der Waals surface area contributed by atoms with Crippen LogP contribution < -0.4 is 5.32 Å². The lowest BCUT2D eigenvalue weighted by atomic mass is 10.1. The molecule has 1 aromatic heterocycles. The van der Waals surface area contributed by atoms with Gasteiger partial charge in [-0.1, -0.05) is 6.92 Å². The van der Waals surface area contributed by atoms with Crippen LogP contribution >= 0.6 is 15.9 Å². The van der Waals surface area contributed by atoms with Crippen molar-refractivity contribution in [2.75, 3.05) is 6.54 Å². The number of likely N-dealkylation sites (N-methyl/N-ethyl adjacent to an activating group) is 1. The zero-order valence-electron chi connectivity index (χ0n) is 8.37. The molecule has 0 aliphatic heterocycles. The molecule has 1 rings (SSSR count). The molecule has 2 unspecified atom stereocenters. The van der Waals surface area contributed by atoms with Crippen LogP contribution in [0.3, 0.4) is 0 Å². The molecular formula is C10H15BrN2O. The average molecular weight is 259 g/mol. The summed E-state index contributed by atoms with van der Waals surface area (Å²) in [6.45, 7) is 4.82. The lowest BCUT2D eigenvalue weighted by Gasteiger charge is -2.19. The third-order valence-corrected chi connectivity index (χ3v) is 2.50. The van der Waals surface area contributed by atoms with E-state index < -0.39 is 6.10 Å². The van der Waals surface area contributed by atoms with E-state index in [1.807, 2.05) is 19.9 Å². The Morgan fingerprint density at radius 2 is 2.29 bits per heavy atom. The van der Waals surface area contributed by atoms with E-state index in [1.54, 1.807) is 12.4 Å². The highest BCUT2D eigenvalue weighted by molar-refractivity contribution is 9.10. The first kappa shape index (κ1) is 11.6. The van der Waals surface area contributed by atoms with E-state index in [4.69, 9.17) is 0 Å². The summed E-state index contributed by atoms with van der Waals surface area (Å²) in [5.41, 5.74) is 0.827. The van der Waals surface area contributed by atoms with E-state index in [2.05, 4.69) is 26.2 Å². The summed E-state index contributed by atoms with van der Waals surface area (Å²) in [5, 5.41) is 13.1. The summed E-state index contributed by atoms with van der Waals surface area (Å²) in [7, 11) is 0. The topological polar surface area (TPSA) is 45.1 Å². The first-order valence-electron chi connectivity index (χ1n) is 4.67. The smallest absolute Gasteiger partial charge is 0.0955 e. The summed E-state index contributed by atoms with van der Waals surface area (Å²) in [6, 6.07) is 1.92. The minimum absolute atomic E-state index is 0.0381. The predicted octanol–water partition coefficient (Wildman–Crippen LogP) is 1.88. The first-order chi connectivity index (χ1) is 6.65. The number of rotatable bonds is 4. The van der Waals surface area contributed by atoms with Crippen molar-refractivity contribution in [1.29, 1.82) is 0 Å². The van der Waals surface area contributed by atoms with Crippen LogP contribution in [0.4, 0.5) is 0 Å². The Labute approximate surface area is 92.7 Å². The maximum absolute atomic E-state index is 9.92. The molecule has 0 saturated carbocycles. The zero-order chi connectivity index (χ0) is 10.6. The molecule has 1 aromatic rings. The van der Waals surface area contributed by atoms with Crippen LogP contribution in [0.5, 0.6) is 0 Å². The molecule has 0 aromatic carbocycles. The molecule has 0 amide bonds. The number of aliphatic hydroxyl groups excluding tert-OH is 1. The Morgan fingerprint density at radius 1 is 1.57 bits per heavy atom. The average Bonchev–Trinajstić information content (AvgIpc) is 2.17. The third kappa shape index (κ3) is 3.04. The molecular weight excluding hydrogens is 244 g/mol. The molecule has 1 heterocycles. The number of halogens is 1. The van der Waals surface area contributed by atoms with Gasteiger partial charge in [0, 0.05) is 28.5 Å². The van der Waals surface area contributed by atoms with Gasteiger partial charge >= 0.3 is 0 Å². The number of hydrogen-bond donors (Lipinski definition) is 2. The molecule has 3 nitrogen and oxygen atoms in total. The lowest BCUT2D eigenvalue weighted by molar-refractivity contribution is 0.136. The van der Waals surface area contributed by atoms with E-state index in [9.17, 15) is 5.11 Å². The van der Waals surface area contributed by atoms with Crippen LogP contribution in [0.15, 0.2) is 22.9 Å². The Balaban J connectivity index is 2.73. The number of hydrogen-bond acceptors (Lipinski definition) is 3. The van der Waals surface area contributed by atoms with Crippen LogP contribution in [0.25, 0.3) is 0 Å². The van der Waals surface area contributed by atoms with Crippen LogP contribution in [0, 0.1) is 0 Å². The fraction of sp³-hybridized carbons (Fsp3) is 0.500. The number of nitrogens with zero attached hydrogens (tertiary/aromatic N) is 1. The second kappa shape index (κ2) is 5.44. The summed E-state index contributed by atoms with van der Waals surface area (Å²) < 4.78 is 0.887. The Kier molecular flexibility index (Phi) is 4.51. The summed E-state index contributed by atoms with van der Waals surface area (Å²) in [5.74, 6) is 0. The number of pyridine rings is 1. The highest BCUT2D eigenvalue weighted by Gasteiger charge is 2.15. The highest BCUT2D eigenvalue weighted by atomic mass is 79.9. The molecule has 2 N–H and O–H groups in total. The van der Waals surface area contributed by atoms with Gasteiger partial charge in [-0.25, -0.2) is 0 Å². The van der Waals surface area contributed by atoms with Gasteiger partial charge in [-0.2, -0.15) is 0 Å². The van der Waals surface area contributed by atoms with Crippen molar-refractivity contribution in [3.63, 3.8) is 0 Å². The normalized spacial score (nSPS) is 15.1. The van der Waals surface area contributed by atoms with Gasteiger partial charge in [0.05, 0.1) is 6.10 Å². The molecule has 78 valence electrons. The van der Waals surface area contributed by atoms with Gasteiger partial charge in [-0.3, -0.25) is 4.98 Å². The van der Waals surface area contributed by atoms with E-state index in [-0.39, 0.29) is 6.04 Å². The maximum Gasteiger partial charge on any atom is 0.0955 e. The van der Waals surface area contributed by atoms with Crippen molar-refractivity contribution in [3.8, 4) is 0 Å². The third-order valence-electron chi connectivity index (χ3n) is 2.07. The minimum atomic E-state index is -0.514. The van der Waals surface area contributed by atoms with Gasteiger partial charge < -0.3 is 10.4 Å². The molecule has 14 heavy (non-hydrogen) atoms. The predicted molar refractivity (Wildman–Crippen MR) is 60.0 cm³/mol. The van der Waals surface area contributed by atoms with E-state index in [0.29, 0.717) is 0 Å².